The molecule has 1 saturated heterocycles. The maximum absolute atomic E-state index is 12.7. The largest absolute Gasteiger partial charge is 0.497 e. The normalized spacial score (nSPS) is 16.5. The predicted octanol–water partition coefficient (Wildman–Crippen LogP) is 2.52. The number of benzene rings is 2. The van der Waals surface area contributed by atoms with Crippen LogP contribution < -0.4 is 9.64 Å². The molecule has 0 aromatic heterocycles. The fourth-order valence-electron chi connectivity index (χ4n) is 3.70. The topological polar surface area (TPSA) is 53.1 Å². The first kappa shape index (κ1) is 17.4. The number of ether oxygens (including phenoxy) is 1. The highest BCUT2D eigenvalue weighted by atomic mass is 16.5. The van der Waals surface area contributed by atoms with Crippen LogP contribution in [0.1, 0.15) is 11.1 Å². The van der Waals surface area contributed by atoms with Crippen LogP contribution in [0.4, 0.5) is 10.5 Å². The Morgan fingerprint density at radius 3 is 2.48 bits per heavy atom. The number of hydrogen-bond donors (Lipinski definition) is 0. The Labute approximate surface area is 158 Å². The second-order valence-corrected chi connectivity index (χ2v) is 6.89. The quantitative estimate of drug-likeness (QED) is 0.837. The molecule has 140 valence electrons. The van der Waals surface area contributed by atoms with Crippen molar-refractivity contribution in [1.29, 1.82) is 0 Å². The lowest BCUT2D eigenvalue weighted by molar-refractivity contribution is -0.132. The first-order valence-electron chi connectivity index (χ1n) is 9.21. The number of carbonyl (C=O) groups excluding carboxylic acids is 2. The molecule has 4 rings (SSSR count). The molecular weight excluding hydrogens is 342 g/mol. The number of urea groups is 1. The summed E-state index contributed by atoms with van der Waals surface area (Å²) in [6.45, 7) is 2.61. The van der Waals surface area contributed by atoms with Gasteiger partial charge in [0.25, 0.3) is 0 Å². The zero-order valence-electron chi connectivity index (χ0n) is 15.4. The molecular formula is C21H23N3O3. The third-order valence-corrected chi connectivity index (χ3v) is 5.29. The fourth-order valence-corrected chi connectivity index (χ4v) is 3.70. The van der Waals surface area contributed by atoms with Gasteiger partial charge in [-0.25, -0.2) is 4.79 Å². The number of carbonyl (C=O) groups is 2. The van der Waals surface area contributed by atoms with E-state index in [1.807, 2.05) is 41.3 Å². The Hall–Kier alpha value is -3.02. The fraction of sp³-hybridized carbons (Fsp3) is 0.333. The molecule has 27 heavy (non-hydrogen) atoms. The van der Waals surface area contributed by atoms with Gasteiger partial charge in [0.2, 0.25) is 5.91 Å². The van der Waals surface area contributed by atoms with E-state index in [-0.39, 0.29) is 18.5 Å². The van der Waals surface area contributed by atoms with Crippen LogP contribution in [-0.4, -0.2) is 55.0 Å². The Morgan fingerprint density at radius 2 is 1.74 bits per heavy atom. The number of nitrogens with zero attached hydrogens (tertiary/aromatic N) is 3. The molecule has 0 aliphatic carbocycles. The van der Waals surface area contributed by atoms with Gasteiger partial charge in [0, 0.05) is 31.9 Å². The minimum atomic E-state index is -0.120. The van der Waals surface area contributed by atoms with Crippen molar-refractivity contribution in [3.05, 3.63) is 59.7 Å². The highest BCUT2D eigenvalue weighted by Crippen LogP contribution is 2.24. The minimum Gasteiger partial charge on any atom is -0.497 e. The van der Waals surface area contributed by atoms with Crippen molar-refractivity contribution in [2.45, 2.75) is 13.0 Å². The lowest BCUT2D eigenvalue weighted by Crippen LogP contribution is -2.44. The summed E-state index contributed by atoms with van der Waals surface area (Å²) in [5.41, 5.74) is 3.33. The van der Waals surface area contributed by atoms with E-state index in [9.17, 15) is 9.59 Å². The molecule has 0 spiro atoms. The molecule has 0 saturated carbocycles. The monoisotopic (exact) mass is 365 g/mol. The Bertz CT molecular complexity index is 850. The average Bonchev–Trinajstić information content (AvgIpc) is 3.08. The summed E-state index contributed by atoms with van der Waals surface area (Å²) < 4.78 is 5.16. The Morgan fingerprint density at radius 1 is 1.00 bits per heavy atom. The number of rotatable bonds is 4. The van der Waals surface area contributed by atoms with Crippen LogP contribution in [0.25, 0.3) is 0 Å². The second kappa shape index (κ2) is 7.31. The van der Waals surface area contributed by atoms with Crippen LogP contribution in [0, 0.1) is 0 Å². The molecule has 0 bridgehead atoms. The van der Waals surface area contributed by atoms with Crippen molar-refractivity contribution < 1.29 is 14.3 Å². The molecule has 2 heterocycles. The van der Waals surface area contributed by atoms with E-state index in [2.05, 4.69) is 12.1 Å². The summed E-state index contributed by atoms with van der Waals surface area (Å²) in [4.78, 5) is 30.7. The van der Waals surface area contributed by atoms with Gasteiger partial charge < -0.3 is 14.5 Å². The van der Waals surface area contributed by atoms with Crippen LogP contribution in [0.2, 0.25) is 0 Å². The summed E-state index contributed by atoms with van der Waals surface area (Å²) in [5.74, 6) is 0.761. The molecule has 6 heteroatoms. The Kier molecular flexibility index (Phi) is 4.71. The van der Waals surface area contributed by atoms with Crippen molar-refractivity contribution in [3.63, 3.8) is 0 Å². The summed E-state index contributed by atoms with van der Waals surface area (Å²) in [6.07, 6.45) is 0.869. The number of methoxy groups -OCH3 is 1. The minimum absolute atomic E-state index is 0.00874. The molecule has 6 nitrogen and oxygen atoms in total. The summed E-state index contributed by atoms with van der Waals surface area (Å²) >= 11 is 0. The molecule has 3 amide bonds. The standard InChI is InChI=1S/C21H23N3O3/c1-27-19-8-6-18(7-9-19)24-13-12-23(21(24)26)15-20(25)22-11-10-16-4-2-3-5-17(16)14-22/h2-9H,10-15H2,1H3. The molecule has 2 aliphatic rings. The van der Waals surface area contributed by atoms with Crippen molar-refractivity contribution in [2.75, 3.05) is 38.2 Å². The molecule has 0 radical (unpaired) electrons. The molecule has 0 atom stereocenters. The number of hydrogen-bond acceptors (Lipinski definition) is 3. The lowest BCUT2D eigenvalue weighted by atomic mass is 10.00. The van der Waals surface area contributed by atoms with E-state index >= 15 is 0 Å². The van der Waals surface area contributed by atoms with Crippen molar-refractivity contribution in [2.24, 2.45) is 0 Å². The van der Waals surface area contributed by atoms with Gasteiger partial charge in [-0.1, -0.05) is 24.3 Å². The first-order valence-corrected chi connectivity index (χ1v) is 9.21. The van der Waals surface area contributed by atoms with Gasteiger partial charge in [0.05, 0.1) is 7.11 Å². The van der Waals surface area contributed by atoms with Gasteiger partial charge in [-0.05, 0) is 41.8 Å². The van der Waals surface area contributed by atoms with E-state index in [4.69, 9.17) is 4.74 Å². The highest BCUT2D eigenvalue weighted by molar-refractivity contribution is 5.96. The van der Waals surface area contributed by atoms with Crippen molar-refractivity contribution in [1.82, 2.24) is 9.80 Å². The zero-order valence-corrected chi connectivity index (χ0v) is 15.4. The van der Waals surface area contributed by atoms with Gasteiger partial charge in [-0.15, -0.1) is 0 Å². The van der Waals surface area contributed by atoms with Crippen LogP contribution in [0.15, 0.2) is 48.5 Å². The molecule has 0 N–H and O–H groups in total. The number of anilines is 1. The number of fused-ring (bicyclic) bond motifs is 1. The van der Waals surface area contributed by atoms with Crippen LogP contribution in [0.3, 0.4) is 0 Å². The third kappa shape index (κ3) is 3.47. The van der Waals surface area contributed by atoms with E-state index in [0.29, 0.717) is 26.2 Å². The van der Waals surface area contributed by atoms with Crippen molar-refractivity contribution >= 4 is 17.6 Å². The lowest BCUT2D eigenvalue weighted by Gasteiger charge is -2.30. The van der Waals surface area contributed by atoms with E-state index < -0.39 is 0 Å². The van der Waals surface area contributed by atoms with Gasteiger partial charge >= 0.3 is 6.03 Å². The van der Waals surface area contributed by atoms with Crippen LogP contribution in [0.5, 0.6) is 5.75 Å². The maximum Gasteiger partial charge on any atom is 0.325 e. The predicted molar refractivity (Wildman–Crippen MR) is 103 cm³/mol. The molecule has 1 fully saturated rings. The third-order valence-electron chi connectivity index (χ3n) is 5.29. The first-order chi connectivity index (χ1) is 13.2. The van der Waals surface area contributed by atoms with Gasteiger partial charge in [-0.2, -0.15) is 0 Å². The molecule has 2 aliphatic heterocycles. The highest BCUT2D eigenvalue weighted by Gasteiger charge is 2.32. The summed E-state index contributed by atoms with van der Waals surface area (Å²) in [5, 5.41) is 0. The molecule has 2 aromatic rings. The summed E-state index contributed by atoms with van der Waals surface area (Å²) in [6, 6.07) is 15.5. The maximum atomic E-state index is 12.7. The van der Waals surface area contributed by atoms with E-state index in [0.717, 1.165) is 17.9 Å². The Balaban J connectivity index is 1.38. The average molecular weight is 365 g/mol. The summed E-state index contributed by atoms with van der Waals surface area (Å²) in [7, 11) is 1.61. The second-order valence-electron chi connectivity index (χ2n) is 6.89. The van der Waals surface area contributed by atoms with E-state index in [1.54, 1.807) is 16.9 Å². The van der Waals surface area contributed by atoms with Gasteiger partial charge in [0.1, 0.15) is 12.3 Å². The van der Waals surface area contributed by atoms with Crippen molar-refractivity contribution in [3.8, 4) is 5.75 Å². The van der Waals surface area contributed by atoms with Crippen LogP contribution in [-0.2, 0) is 17.8 Å². The van der Waals surface area contributed by atoms with Gasteiger partial charge in [0.15, 0.2) is 0 Å². The number of amides is 3. The smallest absolute Gasteiger partial charge is 0.325 e. The SMILES string of the molecule is COc1ccc(N2CCN(CC(=O)N3CCc4ccccc4C3)C2=O)cc1. The zero-order chi connectivity index (χ0) is 18.8. The molecule has 2 aromatic carbocycles. The van der Waals surface area contributed by atoms with E-state index in [1.165, 1.54) is 11.1 Å². The molecule has 0 unspecified atom stereocenters. The van der Waals surface area contributed by atoms with Crippen LogP contribution >= 0.6 is 0 Å². The van der Waals surface area contributed by atoms with Gasteiger partial charge in [-0.3, -0.25) is 9.69 Å².